The van der Waals surface area contributed by atoms with Gasteiger partial charge in [-0.25, -0.2) is 0 Å². The number of anilines is 1. The Morgan fingerprint density at radius 2 is 1.89 bits per heavy atom. The zero-order valence-corrected chi connectivity index (χ0v) is 10.9. The van der Waals surface area contributed by atoms with Crippen molar-refractivity contribution in [1.29, 1.82) is 0 Å². The monoisotopic (exact) mass is 253 g/mol. The van der Waals surface area contributed by atoms with Crippen LogP contribution in [0.25, 0.3) is 6.08 Å². The van der Waals surface area contributed by atoms with Crippen LogP contribution in [0, 0.1) is 0 Å². The molecule has 0 saturated carbocycles. The lowest BCUT2D eigenvalue weighted by Crippen LogP contribution is -2.22. The maximum atomic E-state index is 4.05. The van der Waals surface area contributed by atoms with Gasteiger partial charge in [0.2, 0.25) is 0 Å². The van der Waals surface area contributed by atoms with Gasteiger partial charge in [-0.3, -0.25) is 4.98 Å². The zero-order valence-electron chi connectivity index (χ0n) is 10.9. The lowest BCUT2D eigenvalue weighted by atomic mass is 10.2. The molecule has 1 aromatic heterocycles. The lowest BCUT2D eigenvalue weighted by Gasteiger charge is -2.05. The standard InChI is InChI=1S/C16H19N3/c1-2-6-15(7-3-1)8-4-10-17-12-13-19-16-9-5-11-18-14-16/h1-9,11,14,17,19H,10,12-13H2/b8-4+. The minimum absolute atomic E-state index is 0.879. The third kappa shape index (κ3) is 5.36. The van der Waals surface area contributed by atoms with Crippen molar-refractivity contribution in [2.45, 2.75) is 0 Å². The molecule has 0 radical (unpaired) electrons. The third-order valence-electron chi connectivity index (χ3n) is 2.66. The van der Waals surface area contributed by atoms with Gasteiger partial charge in [-0.1, -0.05) is 42.5 Å². The Labute approximate surface area is 114 Å². The van der Waals surface area contributed by atoms with E-state index in [1.54, 1.807) is 6.20 Å². The quantitative estimate of drug-likeness (QED) is 0.745. The average Bonchev–Trinajstić information content (AvgIpc) is 2.48. The highest BCUT2D eigenvalue weighted by atomic mass is 14.9. The van der Waals surface area contributed by atoms with E-state index in [-0.39, 0.29) is 0 Å². The van der Waals surface area contributed by atoms with Crippen molar-refractivity contribution in [3.05, 3.63) is 66.5 Å². The van der Waals surface area contributed by atoms with Gasteiger partial charge < -0.3 is 10.6 Å². The molecule has 0 aliphatic carbocycles. The van der Waals surface area contributed by atoms with Gasteiger partial charge in [0, 0.05) is 32.0 Å². The van der Waals surface area contributed by atoms with Gasteiger partial charge in [0.05, 0.1) is 5.69 Å². The van der Waals surface area contributed by atoms with Crippen molar-refractivity contribution in [2.75, 3.05) is 25.0 Å². The normalized spacial score (nSPS) is 10.7. The number of nitrogens with one attached hydrogen (secondary N) is 2. The molecule has 0 unspecified atom stereocenters. The first-order valence-electron chi connectivity index (χ1n) is 6.51. The van der Waals surface area contributed by atoms with E-state index >= 15 is 0 Å². The van der Waals surface area contributed by atoms with Crippen LogP contribution in [0.4, 0.5) is 5.69 Å². The molecule has 3 nitrogen and oxygen atoms in total. The minimum atomic E-state index is 0.879. The highest BCUT2D eigenvalue weighted by molar-refractivity contribution is 5.48. The highest BCUT2D eigenvalue weighted by Crippen LogP contribution is 2.01. The Kier molecular flexibility index (Phi) is 5.64. The summed E-state index contributed by atoms with van der Waals surface area (Å²) in [4.78, 5) is 4.05. The molecule has 0 atom stereocenters. The number of benzene rings is 1. The molecule has 1 heterocycles. The second-order valence-electron chi connectivity index (χ2n) is 4.19. The Hall–Kier alpha value is -2.13. The first-order valence-corrected chi connectivity index (χ1v) is 6.51. The summed E-state index contributed by atoms with van der Waals surface area (Å²) in [5.41, 5.74) is 2.29. The first kappa shape index (κ1) is 13.3. The van der Waals surface area contributed by atoms with Gasteiger partial charge >= 0.3 is 0 Å². The molecule has 2 N–H and O–H groups in total. The van der Waals surface area contributed by atoms with E-state index in [9.17, 15) is 0 Å². The Balaban J connectivity index is 1.56. The summed E-state index contributed by atoms with van der Waals surface area (Å²) in [5.74, 6) is 0. The van der Waals surface area contributed by atoms with Crippen LogP contribution in [0.15, 0.2) is 60.9 Å². The summed E-state index contributed by atoms with van der Waals surface area (Å²) in [7, 11) is 0. The Morgan fingerprint density at radius 1 is 1.00 bits per heavy atom. The van der Waals surface area contributed by atoms with Gasteiger partial charge in [-0.2, -0.15) is 0 Å². The SMILES string of the molecule is C(=C\c1ccccc1)/CNCCNc1cccnc1. The average molecular weight is 253 g/mol. The Morgan fingerprint density at radius 3 is 2.68 bits per heavy atom. The molecule has 0 aliphatic rings. The van der Waals surface area contributed by atoms with E-state index in [0.717, 1.165) is 25.3 Å². The van der Waals surface area contributed by atoms with Gasteiger partial charge in [0.1, 0.15) is 0 Å². The number of pyridine rings is 1. The molecule has 2 aromatic rings. The minimum Gasteiger partial charge on any atom is -0.383 e. The van der Waals surface area contributed by atoms with E-state index < -0.39 is 0 Å². The molecule has 0 saturated heterocycles. The molecule has 0 bridgehead atoms. The van der Waals surface area contributed by atoms with Crippen LogP contribution in [0.2, 0.25) is 0 Å². The van der Waals surface area contributed by atoms with Crippen molar-refractivity contribution in [1.82, 2.24) is 10.3 Å². The molecular formula is C16H19N3. The summed E-state index contributed by atoms with van der Waals surface area (Å²) in [5, 5.41) is 6.66. The molecule has 98 valence electrons. The fourth-order valence-corrected chi connectivity index (χ4v) is 1.71. The molecule has 2 rings (SSSR count). The molecule has 0 amide bonds. The van der Waals surface area contributed by atoms with Crippen molar-refractivity contribution in [3.63, 3.8) is 0 Å². The zero-order chi connectivity index (χ0) is 13.2. The maximum absolute atomic E-state index is 4.05. The number of aromatic nitrogens is 1. The molecule has 0 aliphatic heterocycles. The Bertz CT molecular complexity index is 480. The van der Waals surface area contributed by atoms with Crippen LogP contribution < -0.4 is 10.6 Å². The molecule has 19 heavy (non-hydrogen) atoms. The highest BCUT2D eigenvalue weighted by Gasteiger charge is 1.89. The maximum Gasteiger partial charge on any atom is 0.0527 e. The van der Waals surface area contributed by atoms with Crippen LogP contribution in [0.1, 0.15) is 5.56 Å². The smallest absolute Gasteiger partial charge is 0.0527 e. The molecule has 0 fully saturated rings. The van der Waals surface area contributed by atoms with Gasteiger partial charge in [0.25, 0.3) is 0 Å². The number of rotatable bonds is 7. The third-order valence-corrected chi connectivity index (χ3v) is 2.66. The topological polar surface area (TPSA) is 37.0 Å². The van der Waals surface area contributed by atoms with Crippen LogP contribution in [-0.2, 0) is 0 Å². The predicted molar refractivity (Wildman–Crippen MR) is 81.1 cm³/mol. The van der Waals surface area contributed by atoms with Crippen molar-refractivity contribution in [2.24, 2.45) is 0 Å². The van der Waals surface area contributed by atoms with Gasteiger partial charge in [-0.05, 0) is 17.7 Å². The van der Waals surface area contributed by atoms with E-state index in [1.165, 1.54) is 5.56 Å². The number of hydrogen-bond donors (Lipinski definition) is 2. The molecule has 0 spiro atoms. The van der Waals surface area contributed by atoms with E-state index in [4.69, 9.17) is 0 Å². The summed E-state index contributed by atoms with van der Waals surface area (Å²) in [6, 6.07) is 14.3. The lowest BCUT2D eigenvalue weighted by molar-refractivity contribution is 0.771. The van der Waals surface area contributed by atoms with Crippen molar-refractivity contribution >= 4 is 11.8 Å². The summed E-state index contributed by atoms with van der Waals surface area (Å²) < 4.78 is 0. The van der Waals surface area contributed by atoms with Crippen LogP contribution in [-0.4, -0.2) is 24.6 Å². The summed E-state index contributed by atoms with van der Waals surface area (Å²) in [6.07, 6.45) is 7.87. The van der Waals surface area contributed by atoms with Crippen molar-refractivity contribution < 1.29 is 0 Å². The first-order chi connectivity index (χ1) is 9.45. The molecule has 3 heteroatoms. The summed E-state index contributed by atoms with van der Waals surface area (Å²) in [6.45, 7) is 2.70. The van der Waals surface area contributed by atoms with Crippen LogP contribution in [0.3, 0.4) is 0 Å². The van der Waals surface area contributed by atoms with E-state index in [2.05, 4.69) is 39.9 Å². The van der Waals surface area contributed by atoms with E-state index in [0.29, 0.717) is 0 Å². The molecule has 1 aromatic carbocycles. The number of hydrogen-bond acceptors (Lipinski definition) is 3. The molecular weight excluding hydrogens is 234 g/mol. The second-order valence-corrected chi connectivity index (χ2v) is 4.19. The van der Waals surface area contributed by atoms with Crippen LogP contribution in [0.5, 0.6) is 0 Å². The second kappa shape index (κ2) is 8.06. The van der Waals surface area contributed by atoms with Gasteiger partial charge in [-0.15, -0.1) is 0 Å². The predicted octanol–water partition coefficient (Wildman–Crippen LogP) is 2.80. The fourth-order valence-electron chi connectivity index (χ4n) is 1.71. The fraction of sp³-hybridized carbons (Fsp3) is 0.188. The van der Waals surface area contributed by atoms with Gasteiger partial charge in [0.15, 0.2) is 0 Å². The van der Waals surface area contributed by atoms with Crippen molar-refractivity contribution in [3.8, 4) is 0 Å². The van der Waals surface area contributed by atoms with Crippen LogP contribution >= 0.6 is 0 Å². The summed E-state index contributed by atoms with van der Waals surface area (Å²) >= 11 is 0. The largest absolute Gasteiger partial charge is 0.383 e. The number of nitrogens with zero attached hydrogens (tertiary/aromatic N) is 1. The van der Waals surface area contributed by atoms with E-state index in [1.807, 2.05) is 36.5 Å².